The van der Waals surface area contributed by atoms with Gasteiger partial charge in [0.2, 0.25) is 0 Å². The van der Waals surface area contributed by atoms with Crippen molar-refractivity contribution in [2.75, 3.05) is 0 Å². The van der Waals surface area contributed by atoms with Crippen LogP contribution in [0.25, 0.3) is 10.9 Å². The molecule has 1 aliphatic carbocycles. The molecule has 0 amide bonds. The van der Waals surface area contributed by atoms with Gasteiger partial charge < -0.3 is 9.88 Å². The Hall–Kier alpha value is -0.800. The molecular formula is C15H19BrN2. The summed E-state index contributed by atoms with van der Waals surface area (Å²) < 4.78 is 3.49. The molecule has 1 N–H and O–H groups in total. The van der Waals surface area contributed by atoms with Crippen molar-refractivity contribution in [2.45, 2.75) is 45.3 Å². The smallest absolute Gasteiger partial charge is 0.0494 e. The molecule has 1 heterocycles. The molecule has 1 saturated carbocycles. The van der Waals surface area contributed by atoms with Crippen molar-refractivity contribution in [3.63, 3.8) is 0 Å². The molecule has 1 fully saturated rings. The summed E-state index contributed by atoms with van der Waals surface area (Å²) in [5.74, 6) is 0. The highest BCUT2D eigenvalue weighted by atomic mass is 79.9. The number of nitrogens with zero attached hydrogens (tertiary/aromatic N) is 1. The molecule has 0 unspecified atom stereocenters. The molecule has 0 aliphatic heterocycles. The van der Waals surface area contributed by atoms with Gasteiger partial charge in [0.1, 0.15) is 0 Å². The summed E-state index contributed by atoms with van der Waals surface area (Å²) in [6.07, 6.45) is 6.38. The molecule has 0 atom stereocenters. The topological polar surface area (TPSA) is 17.0 Å². The van der Waals surface area contributed by atoms with Gasteiger partial charge >= 0.3 is 0 Å². The van der Waals surface area contributed by atoms with E-state index in [-0.39, 0.29) is 0 Å². The van der Waals surface area contributed by atoms with Crippen molar-refractivity contribution in [3.8, 4) is 0 Å². The van der Waals surface area contributed by atoms with Gasteiger partial charge in [0.25, 0.3) is 0 Å². The van der Waals surface area contributed by atoms with E-state index >= 15 is 0 Å². The van der Waals surface area contributed by atoms with Gasteiger partial charge in [-0.1, -0.05) is 28.4 Å². The second kappa shape index (κ2) is 5.06. The van der Waals surface area contributed by atoms with Crippen LogP contribution >= 0.6 is 15.9 Å². The first-order chi connectivity index (χ1) is 8.78. The number of aromatic nitrogens is 1. The first kappa shape index (κ1) is 12.2. The summed E-state index contributed by atoms with van der Waals surface area (Å²) in [7, 11) is 0. The number of benzene rings is 1. The normalized spacial score (nSPS) is 16.1. The van der Waals surface area contributed by atoms with E-state index in [1.54, 1.807) is 0 Å². The minimum atomic E-state index is 0.750. The summed E-state index contributed by atoms with van der Waals surface area (Å²) in [5, 5.41) is 5.04. The fraction of sp³-hybridized carbons (Fsp3) is 0.467. The molecule has 18 heavy (non-hydrogen) atoms. The summed E-state index contributed by atoms with van der Waals surface area (Å²) >= 11 is 3.56. The Morgan fingerprint density at radius 1 is 1.39 bits per heavy atom. The van der Waals surface area contributed by atoms with Gasteiger partial charge in [-0.05, 0) is 37.5 Å². The van der Waals surface area contributed by atoms with Crippen LogP contribution in [-0.2, 0) is 13.1 Å². The van der Waals surface area contributed by atoms with Crippen LogP contribution in [0, 0.1) is 0 Å². The van der Waals surface area contributed by atoms with E-state index in [0.29, 0.717) is 0 Å². The van der Waals surface area contributed by atoms with Crippen molar-refractivity contribution in [3.05, 3.63) is 34.4 Å². The summed E-state index contributed by atoms with van der Waals surface area (Å²) in [6, 6.07) is 7.32. The number of fused-ring (bicyclic) bond motifs is 1. The van der Waals surface area contributed by atoms with E-state index in [4.69, 9.17) is 0 Å². The van der Waals surface area contributed by atoms with Crippen LogP contribution in [0.3, 0.4) is 0 Å². The van der Waals surface area contributed by atoms with Crippen molar-refractivity contribution < 1.29 is 0 Å². The van der Waals surface area contributed by atoms with E-state index in [1.165, 1.54) is 35.7 Å². The number of nitrogens with one attached hydrogen (secondary N) is 1. The second-order valence-corrected chi connectivity index (χ2v) is 6.03. The molecule has 0 bridgehead atoms. The third-order valence-corrected chi connectivity index (χ3v) is 4.45. The zero-order valence-electron chi connectivity index (χ0n) is 10.7. The Labute approximate surface area is 116 Å². The number of halogens is 1. The Morgan fingerprint density at radius 3 is 2.89 bits per heavy atom. The highest BCUT2D eigenvalue weighted by Gasteiger charge is 2.17. The van der Waals surface area contributed by atoms with Crippen LogP contribution in [0.4, 0.5) is 0 Å². The lowest BCUT2D eigenvalue weighted by Crippen LogP contribution is -2.34. The Bertz CT molecular complexity index is 555. The standard InChI is InChI=1S/C15H19BrN2/c1-2-18-10-11(9-17-13-4-3-5-13)14-7-6-12(16)8-15(14)18/h6-8,10,13,17H,2-5,9H2,1H3. The molecule has 3 heteroatoms. The van der Waals surface area contributed by atoms with Gasteiger partial charge in [0.05, 0.1) is 0 Å². The van der Waals surface area contributed by atoms with E-state index in [2.05, 4.69) is 57.1 Å². The van der Waals surface area contributed by atoms with Crippen LogP contribution in [0.1, 0.15) is 31.7 Å². The third-order valence-electron chi connectivity index (χ3n) is 3.95. The van der Waals surface area contributed by atoms with Gasteiger partial charge in [-0.15, -0.1) is 0 Å². The molecule has 96 valence electrons. The van der Waals surface area contributed by atoms with Crippen molar-refractivity contribution in [1.29, 1.82) is 0 Å². The maximum atomic E-state index is 3.65. The van der Waals surface area contributed by atoms with Crippen LogP contribution in [0.15, 0.2) is 28.9 Å². The highest BCUT2D eigenvalue weighted by molar-refractivity contribution is 9.10. The SMILES string of the molecule is CCn1cc(CNC2CCC2)c2ccc(Br)cc21. The van der Waals surface area contributed by atoms with E-state index < -0.39 is 0 Å². The lowest BCUT2D eigenvalue weighted by Gasteiger charge is -2.26. The van der Waals surface area contributed by atoms with Crippen LogP contribution in [-0.4, -0.2) is 10.6 Å². The summed E-state index contributed by atoms with van der Waals surface area (Å²) in [6.45, 7) is 4.22. The predicted molar refractivity (Wildman–Crippen MR) is 79.8 cm³/mol. The Morgan fingerprint density at radius 2 is 2.22 bits per heavy atom. The fourth-order valence-electron chi connectivity index (χ4n) is 2.61. The zero-order chi connectivity index (χ0) is 12.5. The average molecular weight is 307 g/mol. The fourth-order valence-corrected chi connectivity index (χ4v) is 2.96. The van der Waals surface area contributed by atoms with Crippen molar-refractivity contribution >= 4 is 26.8 Å². The zero-order valence-corrected chi connectivity index (χ0v) is 12.3. The van der Waals surface area contributed by atoms with E-state index in [9.17, 15) is 0 Å². The average Bonchev–Trinajstić information content (AvgIpc) is 2.65. The lowest BCUT2D eigenvalue weighted by atomic mass is 9.93. The molecule has 3 rings (SSSR count). The maximum Gasteiger partial charge on any atom is 0.0494 e. The summed E-state index contributed by atoms with van der Waals surface area (Å²) in [4.78, 5) is 0. The van der Waals surface area contributed by atoms with Gasteiger partial charge in [0.15, 0.2) is 0 Å². The number of hydrogen-bond donors (Lipinski definition) is 1. The minimum Gasteiger partial charge on any atom is -0.347 e. The molecule has 2 nitrogen and oxygen atoms in total. The number of aryl methyl sites for hydroxylation is 1. The molecule has 1 aromatic heterocycles. The maximum absolute atomic E-state index is 3.65. The van der Waals surface area contributed by atoms with Gasteiger partial charge in [-0.3, -0.25) is 0 Å². The van der Waals surface area contributed by atoms with Gasteiger partial charge in [-0.2, -0.15) is 0 Å². The molecule has 1 aliphatic rings. The number of rotatable bonds is 4. The Kier molecular flexibility index (Phi) is 3.44. The highest BCUT2D eigenvalue weighted by Crippen LogP contribution is 2.26. The molecule has 2 aromatic rings. The monoisotopic (exact) mass is 306 g/mol. The summed E-state index contributed by atoms with van der Waals surface area (Å²) in [5.41, 5.74) is 2.75. The van der Waals surface area contributed by atoms with Crippen molar-refractivity contribution in [1.82, 2.24) is 9.88 Å². The van der Waals surface area contributed by atoms with Gasteiger partial charge in [0, 0.05) is 40.7 Å². The minimum absolute atomic E-state index is 0.750. The molecule has 0 saturated heterocycles. The van der Waals surface area contributed by atoms with Crippen LogP contribution in [0.5, 0.6) is 0 Å². The third kappa shape index (κ3) is 2.21. The van der Waals surface area contributed by atoms with Crippen LogP contribution < -0.4 is 5.32 Å². The van der Waals surface area contributed by atoms with E-state index in [0.717, 1.165) is 23.6 Å². The Balaban J connectivity index is 1.90. The van der Waals surface area contributed by atoms with Crippen LogP contribution in [0.2, 0.25) is 0 Å². The molecular weight excluding hydrogens is 288 g/mol. The van der Waals surface area contributed by atoms with Crippen molar-refractivity contribution in [2.24, 2.45) is 0 Å². The molecule has 0 radical (unpaired) electrons. The van der Waals surface area contributed by atoms with Gasteiger partial charge in [-0.25, -0.2) is 0 Å². The second-order valence-electron chi connectivity index (χ2n) is 5.11. The quantitative estimate of drug-likeness (QED) is 0.901. The first-order valence-corrected chi connectivity index (χ1v) is 7.58. The lowest BCUT2D eigenvalue weighted by molar-refractivity contribution is 0.338. The largest absolute Gasteiger partial charge is 0.347 e. The molecule has 1 aromatic carbocycles. The predicted octanol–water partition coefficient (Wildman–Crippen LogP) is 4.07. The van der Waals surface area contributed by atoms with E-state index in [1.807, 2.05) is 0 Å². The first-order valence-electron chi connectivity index (χ1n) is 6.78. The molecule has 0 spiro atoms. The number of hydrogen-bond acceptors (Lipinski definition) is 1.